The number of nitrogens with zero attached hydrogens (tertiary/aromatic N) is 6. The van der Waals surface area contributed by atoms with E-state index in [0.717, 1.165) is 53.6 Å². The van der Waals surface area contributed by atoms with E-state index in [9.17, 15) is 10.1 Å². The van der Waals surface area contributed by atoms with Gasteiger partial charge in [0.1, 0.15) is 27.8 Å². The van der Waals surface area contributed by atoms with Crippen LogP contribution in [-0.2, 0) is 7.05 Å². The molecular formula is C21H21ClN6OS. The normalized spacial score (nSPS) is 21.1. The van der Waals surface area contributed by atoms with Crippen molar-refractivity contribution >= 4 is 44.8 Å². The maximum Gasteiger partial charge on any atom is 0.271 e. The van der Waals surface area contributed by atoms with Crippen molar-refractivity contribution in [2.75, 3.05) is 29.4 Å². The summed E-state index contributed by atoms with van der Waals surface area (Å²) in [7, 11) is 1.71. The molecule has 0 saturated carbocycles. The van der Waals surface area contributed by atoms with Crippen molar-refractivity contribution in [2.45, 2.75) is 25.8 Å². The van der Waals surface area contributed by atoms with E-state index >= 15 is 0 Å². The van der Waals surface area contributed by atoms with Gasteiger partial charge in [0.25, 0.3) is 5.56 Å². The van der Waals surface area contributed by atoms with E-state index in [2.05, 4.69) is 25.8 Å². The van der Waals surface area contributed by atoms with Gasteiger partial charge in [0.15, 0.2) is 0 Å². The van der Waals surface area contributed by atoms with Crippen LogP contribution in [0.15, 0.2) is 23.1 Å². The van der Waals surface area contributed by atoms with Gasteiger partial charge >= 0.3 is 0 Å². The quantitative estimate of drug-likeness (QED) is 0.608. The fourth-order valence-corrected chi connectivity index (χ4v) is 6.03. The molecule has 3 aromatic rings. The van der Waals surface area contributed by atoms with E-state index < -0.39 is 0 Å². The molecule has 0 amide bonds. The number of rotatable bonds is 2. The monoisotopic (exact) mass is 440 g/mol. The molecule has 2 aliphatic rings. The van der Waals surface area contributed by atoms with E-state index in [-0.39, 0.29) is 11.1 Å². The topological polar surface area (TPSA) is 78.1 Å². The minimum absolute atomic E-state index is 0.191. The van der Waals surface area contributed by atoms with Gasteiger partial charge in [-0.15, -0.1) is 11.3 Å². The molecule has 30 heavy (non-hydrogen) atoms. The summed E-state index contributed by atoms with van der Waals surface area (Å²) in [6.45, 7) is 4.39. The molecule has 154 valence electrons. The minimum Gasteiger partial charge on any atom is -0.368 e. The number of aryl methyl sites for hydroxylation is 2. The van der Waals surface area contributed by atoms with Gasteiger partial charge in [-0.3, -0.25) is 4.79 Å². The van der Waals surface area contributed by atoms with Crippen molar-refractivity contribution in [3.05, 3.63) is 44.3 Å². The van der Waals surface area contributed by atoms with Crippen LogP contribution in [0.5, 0.6) is 0 Å². The molecule has 0 aromatic carbocycles. The number of hydrogen-bond acceptors (Lipinski definition) is 7. The third kappa shape index (κ3) is 2.88. The summed E-state index contributed by atoms with van der Waals surface area (Å²) in [5.41, 5.74) is 1.40. The summed E-state index contributed by atoms with van der Waals surface area (Å²) in [5, 5.41) is 11.4. The van der Waals surface area contributed by atoms with Crippen molar-refractivity contribution in [1.82, 2.24) is 14.5 Å². The molecule has 0 aliphatic carbocycles. The lowest BCUT2D eigenvalue weighted by molar-refractivity contribution is 0.395. The van der Waals surface area contributed by atoms with E-state index in [1.165, 1.54) is 11.3 Å². The minimum atomic E-state index is -0.251. The highest BCUT2D eigenvalue weighted by molar-refractivity contribution is 7.18. The molecule has 0 bridgehead atoms. The second kappa shape index (κ2) is 7.25. The Kier molecular flexibility index (Phi) is 4.68. The predicted molar refractivity (Wildman–Crippen MR) is 120 cm³/mol. The molecule has 5 rings (SSSR count). The van der Waals surface area contributed by atoms with Gasteiger partial charge in [0.05, 0.1) is 15.7 Å². The van der Waals surface area contributed by atoms with Gasteiger partial charge < -0.3 is 14.4 Å². The molecule has 2 fully saturated rings. The van der Waals surface area contributed by atoms with E-state index in [1.807, 2.05) is 19.1 Å². The first kappa shape index (κ1) is 19.3. The number of aromatic nitrogens is 3. The Labute approximate surface area is 183 Å². The van der Waals surface area contributed by atoms with Gasteiger partial charge in [0, 0.05) is 38.9 Å². The summed E-state index contributed by atoms with van der Waals surface area (Å²) < 4.78 is 1.55. The molecule has 7 nitrogen and oxygen atoms in total. The molecule has 2 saturated heterocycles. The number of pyridine rings is 2. The Balaban J connectivity index is 1.52. The van der Waals surface area contributed by atoms with E-state index in [1.54, 1.807) is 17.8 Å². The lowest BCUT2D eigenvalue weighted by Gasteiger charge is -2.39. The van der Waals surface area contributed by atoms with E-state index in [0.29, 0.717) is 22.7 Å². The highest BCUT2D eigenvalue weighted by atomic mass is 35.5. The van der Waals surface area contributed by atoms with Crippen LogP contribution in [0, 0.1) is 24.2 Å². The third-order valence-electron chi connectivity index (χ3n) is 6.27. The zero-order valence-electron chi connectivity index (χ0n) is 16.8. The Bertz CT molecular complexity index is 1240. The Hall–Kier alpha value is -2.63. The van der Waals surface area contributed by atoms with Crippen molar-refractivity contribution < 1.29 is 0 Å². The number of piperidine rings is 1. The number of thiazole rings is 1. The number of nitriles is 1. The molecule has 9 heteroatoms. The van der Waals surface area contributed by atoms with Crippen molar-refractivity contribution in [3.8, 4) is 6.07 Å². The van der Waals surface area contributed by atoms with Gasteiger partial charge in [0.2, 0.25) is 0 Å². The van der Waals surface area contributed by atoms with Crippen LogP contribution < -0.4 is 15.4 Å². The Morgan fingerprint density at radius 3 is 2.93 bits per heavy atom. The van der Waals surface area contributed by atoms with Crippen LogP contribution in [0.4, 0.5) is 11.5 Å². The summed E-state index contributed by atoms with van der Waals surface area (Å²) in [6.07, 6.45) is 3.73. The molecule has 2 aliphatic heterocycles. The summed E-state index contributed by atoms with van der Waals surface area (Å²) in [6, 6.07) is 6.25. The molecule has 0 spiro atoms. The smallest absolute Gasteiger partial charge is 0.271 e. The van der Waals surface area contributed by atoms with Crippen molar-refractivity contribution in [2.24, 2.45) is 13.0 Å². The van der Waals surface area contributed by atoms with E-state index in [4.69, 9.17) is 11.6 Å². The number of anilines is 2. The SMILES string of the molecule is Cc1nc2c(N3CC[C@H]4[C@H](CCN4c4ncccc4Cl)C3)c(C#N)c(=O)n(C)c2s1. The second-order valence-corrected chi connectivity index (χ2v) is 9.53. The van der Waals surface area contributed by atoms with Crippen molar-refractivity contribution in [1.29, 1.82) is 5.26 Å². The molecule has 0 unspecified atom stereocenters. The molecule has 5 heterocycles. The summed E-state index contributed by atoms with van der Waals surface area (Å²) in [5.74, 6) is 1.27. The zero-order valence-corrected chi connectivity index (χ0v) is 18.4. The molecule has 3 aromatic heterocycles. The highest BCUT2D eigenvalue weighted by Crippen LogP contribution is 2.40. The average Bonchev–Trinajstić information content (AvgIpc) is 3.34. The van der Waals surface area contributed by atoms with Gasteiger partial charge in [-0.1, -0.05) is 11.6 Å². The van der Waals surface area contributed by atoms with Gasteiger partial charge in [-0.2, -0.15) is 5.26 Å². The van der Waals surface area contributed by atoms with Crippen LogP contribution in [-0.4, -0.2) is 40.2 Å². The maximum absolute atomic E-state index is 12.9. The van der Waals surface area contributed by atoms with Crippen LogP contribution in [0.3, 0.4) is 0 Å². The molecular weight excluding hydrogens is 420 g/mol. The summed E-state index contributed by atoms with van der Waals surface area (Å²) in [4.78, 5) is 27.4. The summed E-state index contributed by atoms with van der Waals surface area (Å²) >= 11 is 7.90. The maximum atomic E-state index is 12.9. The van der Waals surface area contributed by atoms with Gasteiger partial charge in [-0.25, -0.2) is 9.97 Å². The third-order valence-corrected chi connectivity index (χ3v) is 7.62. The standard InChI is InChI=1S/C21H21ClN6OS/c1-12-25-17-18(14(10-23)20(29)26(2)21(17)30-12)27-8-6-16-13(11-27)5-9-28(16)19-15(22)4-3-7-24-19/h3-4,7,13,16H,5-6,8-9,11H2,1-2H3/t13-,16+/m1/s1. The predicted octanol–water partition coefficient (Wildman–Crippen LogP) is 3.33. The lowest BCUT2D eigenvalue weighted by atomic mass is 9.92. The first-order chi connectivity index (χ1) is 14.5. The molecule has 0 N–H and O–H groups in total. The van der Waals surface area contributed by atoms with Crippen molar-refractivity contribution in [3.63, 3.8) is 0 Å². The zero-order chi connectivity index (χ0) is 21.0. The first-order valence-electron chi connectivity index (χ1n) is 10.0. The fourth-order valence-electron chi connectivity index (χ4n) is 4.93. The number of halogens is 1. The molecule has 0 radical (unpaired) electrons. The Morgan fingerprint density at radius 2 is 2.17 bits per heavy atom. The van der Waals surface area contributed by atoms with Crippen LogP contribution in [0.25, 0.3) is 10.3 Å². The van der Waals surface area contributed by atoms with Crippen LogP contribution >= 0.6 is 22.9 Å². The largest absolute Gasteiger partial charge is 0.368 e. The van der Waals surface area contributed by atoms with Gasteiger partial charge in [-0.05, 0) is 37.8 Å². The number of fused-ring (bicyclic) bond motifs is 2. The lowest BCUT2D eigenvalue weighted by Crippen LogP contribution is -2.47. The first-order valence-corrected chi connectivity index (χ1v) is 11.2. The Morgan fingerprint density at radius 1 is 1.33 bits per heavy atom. The average molecular weight is 441 g/mol. The number of hydrogen-bond donors (Lipinski definition) is 0. The van der Waals surface area contributed by atoms with Crippen LogP contribution in [0.2, 0.25) is 5.02 Å². The molecule has 2 atom stereocenters. The van der Waals surface area contributed by atoms with Crippen LogP contribution in [0.1, 0.15) is 23.4 Å². The fraction of sp³-hybridized carbons (Fsp3) is 0.429. The second-order valence-electron chi connectivity index (χ2n) is 7.94. The highest BCUT2D eigenvalue weighted by Gasteiger charge is 2.40.